The van der Waals surface area contributed by atoms with Crippen molar-refractivity contribution >= 4 is 29.9 Å². The van der Waals surface area contributed by atoms with Gasteiger partial charge in [0.25, 0.3) is 0 Å². The summed E-state index contributed by atoms with van der Waals surface area (Å²) in [5, 5.41) is 6.50. The third-order valence-electron chi connectivity index (χ3n) is 3.23. The fourth-order valence-electron chi connectivity index (χ4n) is 2.14. The molecule has 1 atom stereocenters. The standard InChI is InChI=1S/C15H26N4O.HI/c1-5-10-17-15(16-4)18-12-13(19(6-2)7-3)14-9-8-11-20-14;/h5,8-9,11,13H,1,6-7,10,12H2,2-4H3,(H2,16,17,18);1H. The molecule has 120 valence electrons. The van der Waals surface area contributed by atoms with Gasteiger partial charge >= 0.3 is 0 Å². The van der Waals surface area contributed by atoms with Gasteiger partial charge in [-0.1, -0.05) is 19.9 Å². The van der Waals surface area contributed by atoms with Crippen LogP contribution in [0, 0.1) is 0 Å². The Morgan fingerprint density at radius 1 is 1.43 bits per heavy atom. The van der Waals surface area contributed by atoms with E-state index < -0.39 is 0 Å². The predicted molar refractivity (Wildman–Crippen MR) is 99.3 cm³/mol. The fourth-order valence-corrected chi connectivity index (χ4v) is 2.14. The van der Waals surface area contributed by atoms with Gasteiger partial charge in [-0.05, 0) is 25.2 Å². The van der Waals surface area contributed by atoms with Gasteiger partial charge in [0.15, 0.2) is 5.96 Å². The van der Waals surface area contributed by atoms with Gasteiger partial charge in [0.05, 0.1) is 12.3 Å². The number of guanidine groups is 1. The maximum atomic E-state index is 5.57. The van der Waals surface area contributed by atoms with Gasteiger partial charge in [0.1, 0.15) is 5.76 Å². The van der Waals surface area contributed by atoms with Gasteiger partial charge in [0.2, 0.25) is 0 Å². The van der Waals surface area contributed by atoms with Crippen molar-refractivity contribution in [3.8, 4) is 0 Å². The van der Waals surface area contributed by atoms with Gasteiger partial charge in [-0.2, -0.15) is 0 Å². The molecule has 1 rings (SSSR count). The van der Waals surface area contributed by atoms with Crippen LogP contribution in [0.25, 0.3) is 0 Å². The monoisotopic (exact) mass is 406 g/mol. The zero-order valence-corrected chi connectivity index (χ0v) is 15.5. The number of likely N-dealkylation sites (N-methyl/N-ethyl adjacent to an activating group) is 1. The number of nitrogens with zero attached hydrogens (tertiary/aromatic N) is 2. The topological polar surface area (TPSA) is 52.8 Å². The van der Waals surface area contributed by atoms with Crippen molar-refractivity contribution in [1.82, 2.24) is 15.5 Å². The highest BCUT2D eigenvalue weighted by atomic mass is 127. The van der Waals surface area contributed by atoms with Crippen LogP contribution >= 0.6 is 24.0 Å². The van der Waals surface area contributed by atoms with Crippen molar-refractivity contribution < 1.29 is 4.42 Å². The average molecular weight is 406 g/mol. The van der Waals surface area contributed by atoms with Crippen LogP contribution in [-0.2, 0) is 0 Å². The largest absolute Gasteiger partial charge is 0.468 e. The maximum absolute atomic E-state index is 5.57. The third kappa shape index (κ3) is 6.52. The van der Waals surface area contributed by atoms with Crippen LogP contribution in [0.15, 0.2) is 40.5 Å². The molecule has 0 saturated heterocycles. The van der Waals surface area contributed by atoms with Crippen LogP contribution in [0.4, 0.5) is 0 Å². The molecule has 0 amide bonds. The van der Waals surface area contributed by atoms with Crippen LogP contribution in [0.5, 0.6) is 0 Å². The lowest BCUT2D eigenvalue weighted by Gasteiger charge is -2.28. The third-order valence-corrected chi connectivity index (χ3v) is 3.23. The second-order valence-corrected chi connectivity index (χ2v) is 4.38. The van der Waals surface area contributed by atoms with E-state index in [4.69, 9.17) is 4.42 Å². The Kier molecular flexibility index (Phi) is 11.1. The first-order valence-electron chi connectivity index (χ1n) is 7.09. The van der Waals surface area contributed by atoms with E-state index in [2.05, 4.69) is 41.0 Å². The van der Waals surface area contributed by atoms with Crippen molar-refractivity contribution in [2.75, 3.05) is 33.2 Å². The zero-order valence-electron chi connectivity index (χ0n) is 13.1. The van der Waals surface area contributed by atoms with Gasteiger partial charge in [-0.25, -0.2) is 0 Å². The first kappa shape index (κ1) is 20.0. The van der Waals surface area contributed by atoms with Crippen molar-refractivity contribution in [3.05, 3.63) is 36.8 Å². The number of hydrogen-bond acceptors (Lipinski definition) is 3. The molecule has 0 aromatic carbocycles. The van der Waals surface area contributed by atoms with Gasteiger partial charge in [-0.3, -0.25) is 9.89 Å². The number of furan rings is 1. The smallest absolute Gasteiger partial charge is 0.191 e. The second-order valence-electron chi connectivity index (χ2n) is 4.38. The van der Waals surface area contributed by atoms with E-state index in [0.717, 1.165) is 31.4 Å². The van der Waals surface area contributed by atoms with Crippen molar-refractivity contribution in [1.29, 1.82) is 0 Å². The van der Waals surface area contributed by atoms with Gasteiger partial charge < -0.3 is 15.1 Å². The summed E-state index contributed by atoms with van der Waals surface area (Å²) in [5.41, 5.74) is 0. The van der Waals surface area contributed by atoms with E-state index in [-0.39, 0.29) is 30.0 Å². The summed E-state index contributed by atoms with van der Waals surface area (Å²) in [4.78, 5) is 6.54. The molecule has 1 aromatic rings. The number of aliphatic imine (C=N–C) groups is 1. The minimum Gasteiger partial charge on any atom is -0.468 e. The molecule has 2 N–H and O–H groups in total. The molecule has 21 heavy (non-hydrogen) atoms. The summed E-state index contributed by atoms with van der Waals surface area (Å²) in [5.74, 6) is 1.74. The molecule has 1 heterocycles. The highest BCUT2D eigenvalue weighted by molar-refractivity contribution is 14.0. The Hall–Kier alpha value is -1.02. The quantitative estimate of drug-likeness (QED) is 0.302. The van der Waals surface area contributed by atoms with Crippen LogP contribution in [0.2, 0.25) is 0 Å². The molecular formula is C15H27IN4O. The molecule has 0 spiro atoms. The van der Waals surface area contributed by atoms with E-state index in [9.17, 15) is 0 Å². The molecule has 0 aliphatic heterocycles. The summed E-state index contributed by atoms with van der Waals surface area (Å²) in [6, 6.07) is 4.14. The summed E-state index contributed by atoms with van der Waals surface area (Å²) in [6.07, 6.45) is 3.53. The second kappa shape index (κ2) is 11.6. The lowest BCUT2D eigenvalue weighted by molar-refractivity contribution is 0.193. The van der Waals surface area contributed by atoms with E-state index in [1.807, 2.05) is 12.1 Å². The van der Waals surface area contributed by atoms with E-state index >= 15 is 0 Å². The maximum Gasteiger partial charge on any atom is 0.191 e. The van der Waals surface area contributed by atoms with Crippen molar-refractivity contribution in [2.45, 2.75) is 19.9 Å². The molecule has 0 bridgehead atoms. The normalized spacial score (nSPS) is 12.7. The Morgan fingerprint density at radius 2 is 2.14 bits per heavy atom. The highest BCUT2D eigenvalue weighted by Crippen LogP contribution is 2.19. The van der Waals surface area contributed by atoms with Crippen LogP contribution in [0.3, 0.4) is 0 Å². The number of nitrogens with one attached hydrogen (secondary N) is 2. The molecule has 0 aliphatic rings. The summed E-state index contributed by atoms with van der Waals surface area (Å²) >= 11 is 0. The summed E-state index contributed by atoms with van der Waals surface area (Å²) in [6.45, 7) is 11.4. The average Bonchev–Trinajstić information content (AvgIpc) is 3.00. The minimum absolute atomic E-state index is 0. The zero-order chi connectivity index (χ0) is 14.8. The lowest BCUT2D eigenvalue weighted by atomic mass is 10.2. The first-order valence-corrected chi connectivity index (χ1v) is 7.09. The Balaban J connectivity index is 0.00000400. The molecule has 5 nitrogen and oxygen atoms in total. The molecule has 6 heteroatoms. The Bertz CT molecular complexity index is 402. The highest BCUT2D eigenvalue weighted by Gasteiger charge is 2.20. The van der Waals surface area contributed by atoms with Crippen molar-refractivity contribution in [3.63, 3.8) is 0 Å². The van der Waals surface area contributed by atoms with Gasteiger partial charge in [-0.15, -0.1) is 30.6 Å². The molecule has 0 radical (unpaired) electrons. The SMILES string of the molecule is C=CCNC(=NC)NCC(c1ccco1)N(CC)CC.I. The molecule has 0 aliphatic carbocycles. The van der Waals surface area contributed by atoms with Crippen LogP contribution in [0.1, 0.15) is 25.6 Å². The number of hydrogen-bond donors (Lipinski definition) is 2. The fraction of sp³-hybridized carbons (Fsp3) is 0.533. The van der Waals surface area contributed by atoms with Gasteiger partial charge in [0, 0.05) is 20.1 Å². The van der Waals surface area contributed by atoms with Crippen LogP contribution < -0.4 is 10.6 Å². The Labute approximate surface area is 144 Å². The number of halogens is 1. The van der Waals surface area contributed by atoms with E-state index in [1.165, 1.54) is 0 Å². The Morgan fingerprint density at radius 3 is 2.62 bits per heavy atom. The van der Waals surface area contributed by atoms with Crippen LogP contribution in [-0.4, -0.2) is 44.1 Å². The molecule has 0 fully saturated rings. The molecular weight excluding hydrogens is 379 g/mol. The minimum atomic E-state index is 0. The molecule has 1 unspecified atom stereocenters. The first-order chi connectivity index (χ1) is 9.76. The summed E-state index contributed by atoms with van der Waals surface area (Å²) < 4.78 is 5.57. The predicted octanol–water partition coefficient (Wildman–Crippen LogP) is 2.63. The number of rotatable bonds is 8. The van der Waals surface area contributed by atoms with E-state index in [1.54, 1.807) is 19.4 Å². The summed E-state index contributed by atoms with van der Waals surface area (Å²) in [7, 11) is 1.76. The molecule has 1 aromatic heterocycles. The van der Waals surface area contributed by atoms with Crippen molar-refractivity contribution in [2.24, 2.45) is 4.99 Å². The molecule has 0 saturated carbocycles. The lowest BCUT2D eigenvalue weighted by Crippen LogP contribution is -2.43. The van der Waals surface area contributed by atoms with E-state index in [0.29, 0.717) is 6.54 Å².